The highest BCUT2D eigenvalue weighted by Gasteiger charge is 2.15. The molecule has 0 fully saturated rings. The number of aromatic nitrogens is 1. The van der Waals surface area contributed by atoms with Gasteiger partial charge in [-0.1, -0.05) is 19.1 Å². The molecule has 0 aliphatic rings. The van der Waals surface area contributed by atoms with Crippen molar-refractivity contribution in [2.24, 2.45) is 0 Å². The Balaban J connectivity index is 2.46. The van der Waals surface area contributed by atoms with Crippen molar-refractivity contribution in [3.05, 3.63) is 35.0 Å². The number of H-pyrrole nitrogens is 1. The molecule has 3 heteroatoms. The Hall–Kier alpha value is -1.77. The van der Waals surface area contributed by atoms with Crippen molar-refractivity contribution in [1.82, 2.24) is 10.3 Å². The lowest BCUT2D eigenvalue weighted by atomic mass is 10.1. The van der Waals surface area contributed by atoms with Crippen molar-refractivity contribution in [2.75, 3.05) is 6.54 Å². The van der Waals surface area contributed by atoms with Crippen LogP contribution in [0.15, 0.2) is 18.2 Å². The van der Waals surface area contributed by atoms with E-state index in [1.165, 1.54) is 5.56 Å². The first kappa shape index (κ1) is 11.7. The van der Waals surface area contributed by atoms with Gasteiger partial charge in [0.25, 0.3) is 5.91 Å². The maximum atomic E-state index is 12.1. The average Bonchev–Trinajstić information content (AvgIpc) is 2.61. The van der Waals surface area contributed by atoms with Gasteiger partial charge in [-0.15, -0.1) is 0 Å². The second-order valence-electron chi connectivity index (χ2n) is 4.43. The molecule has 90 valence electrons. The molecule has 0 unspecified atom stereocenters. The van der Waals surface area contributed by atoms with E-state index in [4.69, 9.17) is 0 Å². The van der Waals surface area contributed by atoms with Crippen LogP contribution in [0.1, 0.15) is 35.0 Å². The summed E-state index contributed by atoms with van der Waals surface area (Å²) in [5.74, 6) is 0.0134. The zero-order valence-electron chi connectivity index (χ0n) is 10.6. The summed E-state index contributed by atoms with van der Waals surface area (Å²) >= 11 is 0. The molecule has 2 rings (SSSR count). The fraction of sp³-hybridized carbons (Fsp3) is 0.357. The van der Waals surface area contributed by atoms with Gasteiger partial charge in [-0.05, 0) is 31.9 Å². The van der Waals surface area contributed by atoms with Gasteiger partial charge in [-0.2, -0.15) is 0 Å². The van der Waals surface area contributed by atoms with Crippen LogP contribution in [0.4, 0.5) is 0 Å². The van der Waals surface area contributed by atoms with Crippen LogP contribution < -0.4 is 5.32 Å². The molecule has 0 atom stereocenters. The van der Waals surface area contributed by atoms with Crippen LogP contribution in [0.2, 0.25) is 0 Å². The SMILES string of the molecule is CCCNC(=O)c1c(C)[nH]c2cc(C)ccc12. The van der Waals surface area contributed by atoms with Gasteiger partial charge in [0.1, 0.15) is 0 Å². The largest absolute Gasteiger partial charge is 0.358 e. The van der Waals surface area contributed by atoms with Crippen molar-refractivity contribution >= 4 is 16.8 Å². The normalized spacial score (nSPS) is 10.8. The van der Waals surface area contributed by atoms with Gasteiger partial charge in [0.05, 0.1) is 5.56 Å². The van der Waals surface area contributed by atoms with Crippen LogP contribution in [0, 0.1) is 13.8 Å². The molecule has 3 nitrogen and oxygen atoms in total. The van der Waals surface area contributed by atoms with E-state index in [2.05, 4.69) is 16.4 Å². The fourth-order valence-electron chi connectivity index (χ4n) is 2.07. The van der Waals surface area contributed by atoms with Crippen LogP contribution >= 0.6 is 0 Å². The van der Waals surface area contributed by atoms with E-state index in [0.29, 0.717) is 0 Å². The summed E-state index contributed by atoms with van der Waals surface area (Å²) in [5.41, 5.74) is 3.93. The van der Waals surface area contributed by atoms with E-state index in [1.54, 1.807) is 0 Å². The number of carbonyl (C=O) groups excluding carboxylic acids is 1. The molecule has 0 radical (unpaired) electrons. The highest BCUT2D eigenvalue weighted by molar-refractivity contribution is 6.08. The fourth-order valence-corrected chi connectivity index (χ4v) is 2.07. The van der Waals surface area contributed by atoms with Gasteiger partial charge in [0.2, 0.25) is 0 Å². The number of hydrogen-bond acceptors (Lipinski definition) is 1. The minimum atomic E-state index is 0.0134. The zero-order valence-corrected chi connectivity index (χ0v) is 10.6. The number of hydrogen-bond donors (Lipinski definition) is 2. The topological polar surface area (TPSA) is 44.9 Å². The molecule has 0 aliphatic carbocycles. The van der Waals surface area contributed by atoms with Gasteiger partial charge >= 0.3 is 0 Å². The second kappa shape index (κ2) is 4.62. The van der Waals surface area contributed by atoms with Gasteiger partial charge < -0.3 is 10.3 Å². The summed E-state index contributed by atoms with van der Waals surface area (Å²) in [4.78, 5) is 15.3. The van der Waals surface area contributed by atoms with Crippen LogP contribution in [-0.4, -0.2) is 17.4 Å². The third kappa shape index (κ3) is 2.18. The van der Waals surface area contributed by atoms with Crippen LogP contribution in [0.25, 0.3) is 10.9 Å². The number of benzene rings is 1. The van der Waals surface area contributed by atoms with E-state index in [-0.39, 0.29) is 5.91 Å². The standard InChI is InChI=1S/C14H18N2O/c1-4-7-15-14(17)13-10(3)16-12-8-9(2)5-6-11(12)13/h5-6,8,16H,4,7H2,1-3H3,(H,15,17). The Kier molecular flexibility index (Phi) is 3.18. The molecule has 0 bridgehead atoms. The Labute approximate surface area is 101 Å². The Morgan fingerprint density at radius 3 is 2.82 bits per heavy atom. The van der Waals surface area contributed by atoms with Crippen molar-refractivity contribution in [2.45, 2.75) is 27.2 Å². The van der Waals surface area contributed by atoms with Crippen molar-refractivity contribution in [1.29, 1.82) is 0 Å². The number of amides is 1. The molecule has 0 spiro atoms. The summed E-state index contributed by atoms with van der Waals surface area (Å²) in [6.07, 6.45) is 0.951. The quantitative estimate of drug-likeness (QED) is 0.836. The summed E-state index contributed by atoms with van der Waals surface area (Å²) in [6, 6.07) is 6.11. The van der Waals surface area contributed by atoms with E-state index in [9.17, 15) is 4.79 Å². The van der Waals surface area contributed by atoms with Gasteiger partial charge in [0, 0.05) is 23.1 Å². The minimum absolute atomic E-state index is 0.0134. The van der Waals surface area contributed by atoms with Crippen molar-refractivity contribution in [3.63, 3.8) is 0 Å². The third-order valence-corrected chi connectivity index (χ3v) is 2.90. The molecule has 2 N–H and O–H groups in total. The second-order valence-corrected chi connectivity index (χ2v) is 4.43. The maximum absolute atomic E-state index is 12.1. The lowest BCUT2D eigenvalue weighted by Gasteiger charge is -2.03. The highest BCUT2D eigenvalue weighted by atomic mass is 16.1. The molecule has 1 aromatic heterocycles. The van der Waals surface area contributed by atoms with E-state index in [0.717, 1.165) is 35.1 Å². The number of carbonyl (C=O) groups is 1. The summed E-state index contributed by atoms with van der Waals surface area (Å²) in [5, 5.41) is 3.92. The predicted octanol–water partition coefficient (Wildman–Crippen LogP) is 2.92. The molecule has 0 aliphatic heterocycles. The molecule has 1 aromatic carbocycles. The first-order valence-corrected chi connectivity index (χ1v) is 6.00. The summed E-state index contributed by atoms with van der Waals surface area (Å²) in [6.45, 7) is 6.76. The van der Waals surface area contributed by atoms with Crippen LogP contribution in [0.5, 0.6) is 0 Å². The monoisotopic (exact) mass is 230 g/mol. The van der Waals surface area contributed by atoms with Crippen molar-refractivity contribution < 1.29 is 4.79 Å². The predicted molar refractivity (Wildman–Crippen MR) is 70.4 cm³/mol. The minimum Gasteiger partial charge on any atom is -0.358 e. The molecule has 1 heterocycles. The van der Waals surface area contributed by atoms with Crippen LogP contribution in [-0.2, 0) is 0 Å². The van der Waals surface area contributed by atoms with Gasteiger partial charge in [0.15, 0.2) is 0 Å². The number of fused-ring (bicyclic) bond motifs is 1. The number of aryl methyl sites for hydroxylation is 2. The Morgan fingerprint density at radius 1 is 1.35 bits per heavy atom. The lowest BCUT2D eigenvalue weighted by molar-refractivity contribution is 0.0955. The molecule has 0 saturated heterocycles. The van der Waals surface area contributed by atoms with Crippen LogP contribution in [0.3, 0.4) is 0 Å². The van der Waals surface area contributed by atoms with Gasteiger partial charge in [-0.25, -0.2) is 0 Å². The maximum Gasteiger partial charge on any atom is 0.253 e. The summed E-state index contributed by atoms with van der Waals surface area (Å²) in [7, 11) is 0. The molecule has 17 heavy (non-hydrogen) atoms. The van der Waals surface area contributed by atoms with E-state index in [1.807, 2.05) is 32.9 Å². The summed E-state index contributed by atoms with van der Waals surface area (Å²) < 4.78 is 0. The molecule has 2 aromatic rings. The Bertz CT molecular complexity index is 555. The molecular formula is C14H18N2O. The molecule has 0 saturated carbocycles. The first-order chi connectivity index (χ1) is 8.13. The number of aromatic amines is 1. The van der Waals surface area contributed by atoms with Crippen molar-refractivity contribution in [3.8, 4) is 0 Å². The average molecular weight is 230 g/mol. The van der Waals surface area contributed by atoms with E-state index >= 15 is 0 Å². The van der Waals surface area contributed by atoms with Gasteiger partial charge in [-0.3, -0.25) is 4.79 Å². The molecular weight excluding hydrogens is 212 g/mol. The Morgan fingerprint density at radius 2 is 2.12 bits per heavy atom. The number of rotatable bonds is 3. The number of nitrogens with one attached hydrogen (secondary N) is 2. The smallest absolute Gasteiger partial charge is 0.253 e. The third-order valence-electron chi connectivity index (χ3n) is 2.90. The van der Waals surface area contributed by atoms with E-state index < -0.39 is 0 Å². The first-order valence-electron chi connectivity index (χ1n) is 6.00. The lowest BCUT2D eigenvalue weighted by Crippen LogP contribution is -2.24. The highest BCUT2D eigenvalue weighted by Crippen LogP contribution is 2.22. The molecule has 1 amide bonds. The zero-order chi connectivity index (χ0) is 12.4.